The number of aliphatic hydroxyl groups excluding tert-OH is 1. The molecule has 20 heavy (non-hydrogen) atoms. The van der Waals surface area contributed by atoms with E-state index in [-0.39, 0.29) is 18.1 Å². The molecule has 0 bridgehead atoms. The van der Waals surface area contributed by atoms with Crippen LogP contribution >= 0.6 is 0 Å². The summed E-state index contributed by atoms with van der Waals surface area (Å²) in [7, 11) is 1.84. The number of carbonyl (C=O) groups is 1. The number of amides is 2. The van der Waals surface area contributed by atoms with Crippen molar-refractivity contribution in [2.24, 2.45) is 11.3 Å². The smallest absolute Gasteiger partial charge is 0.317 e. The standard InChI is InChI=1S/C16H30N2O2/c1-3-8-16(9-10-16)12-17-15(20)18(2)11-13-6-4-5-7-14(13)19/h13-14,19H,3-12H2,1-2H3,(H,17,20). The number of rotatable bonds is 6. The van der Waals surface area contributed by atoms with Crippen LogP contribution in [-0.4, -0.2) is 42.3 Å². The van der Waals surface area contributed by atoms with Gasteiger partial charge >= 0.3 is 6.03 Å². The third kappa shape index (κ3) is 4.11. The van der Waals surface area contributed by atoms with Crippen LogP contribution in [0.2, 0.25) is 0 Å². The third-order valence-electron chi connectivity index (χ3n) is 5.08. The SMILES string of the molecule is CCCC1(CNC(=O)N(C)CC2CCCCC2O)CC1. The molecule has 2 aliphatic rings. The monoisotopic (exact) mass is 282 g/mol. The maximum Gasteiger partial charge on any atom is 0.317 e. The van der Waals surface area contributed by atoms with Crippen molar-refractivity contribution in [1.82, 2.24) is 10.2 Å². The lowest BCUT2D eigenvalue weighted by atomic mass is 9.86. The number of carbonyl (C=O) groups excluding carboxylic acids is 1. The van der Waals surface area contributed by atoms with Crippen molar-refractivity contribution in [2.75, 3.05) is 20.1 Å². The highest BCUT2D eigenvalue weighted by molar-refractivity contribution is 5.73. The molecule has 0 aromatic carbocycles. The Morgan fingerprint density at radius 2 is 2.05 bits per heavy atom. The lowest BCUT2D eigenvalue weighted by Gasteiger charge is -2.31. The predicted octanol–water partition coefficient (Wildman–Crippen LogP) is 2.76. The molecule has 2 unspecified atom stereocenters. The minimum absolute atomic E-state index is 0.0187. The van der Waals surface area contributed by atoms with E-state index >= 15 is 0 Å². The van der Waals surface area contributed by atoms with Gasteiger partial charge in [-0.3, -0.25) is 0 Å². The zero-order chi connectivity index (χ0) is 14.6. The molecule has 2 saturated carbocycles. The van der Waals surface area contributed by atoms with Crippen molar-refractivity contribution in [3.05, 3.63) is 0 Å². The molecule has 2 rings (SSSR count). The average Bonchev–Trinajstić information content (AvgIpc) is 3.19. The number of urea groups is 1. The van der Waals surface area contributed by atoms with Gasteiger partial charge in [-0.25, -0.2) is 4.79 Å². The summed E-state index contributed by atoms with van der Waals surface area (Å²) in [6.45, 7) is 3.70. The second-order valence-corrected chi connectivity index (χ2v) is 6.90. The van der Waals surface area contributed by atoms with Gasteiger partial charge in [-0.1, -0.05) is 26.2 Å². The Morgan fingerprint density at radius 3 is 2.65 bits per heavy atom. The number of hydrogen-bond acceptors (Lipinski definition) is 2. The van der Waals surface area contributed by atoms with E-state index in [1.165, 1.54) is 32.1 Å². The highest BCUT2D eigenvalue weighted by atomic mass is 16.3. The maximum atomic E-state index is 12.1. The van der Waals surface area contributed by atoms with Crippen molar-refractivity contribution in [3.63, 3.8) is 0 Å². The first-order valence-electron chi connectivity index (χ1n) is 8.23. The largest absolute Gasteiger partial charge is 0.393 e. The molecule has 0 heterocycles. The minimum Gasteiger partial charge on any atom is -0.393 e. The molecular weight excluding hydrogens is 252 g/mol. The zero-order valence-electron chi connectivity index (χ0n) is 13.0. The van der Waals surface area contributed by atoms with Gasteiger partial charge in [-0.05, 0) is 37.5 Å². The highest BCUT2D eigenvalue weighted by Gasteiger charge is 2.41. The summed E-state index contributed by atoms with van der Waals surface area (Å²) in [4.78, 5) is 13.9. The number of nitrogens with one attached hydrogen (secondary N) is 1. The van der Waals surface area contributed by atoms with Gasteiger partial charge in [0.15, 0.2) is 0 Å². The fourth-order valence-corrected chi connectivity index (χ4v) is 3.46. The summed E-state index contributed by atoms with van der Waals surface area (Å²) in [6, 6.07) is 0.0187. The summed E-state index contributed by atoms with van der Waals surface area (Å²) in [5, 5.41) is 13.1. The van der Waals surface area contributed by atoms with E-state index in [1.54, 1.807) is 4.90 Å². The van der Waals surface area contributed by atoms with Crippen molar-refractivity contribution >= 4 is 6.03 Å². The zero-order valence-corrected chi connectivity index (χ0v) is 13.0. The van der Waals surface area contributed by atoms with Gasteiger partial charge in [-0.15, -0.1) is 0 Å². The molecule has 2 fully saturated rings. The molecule has 4 heteroatoms. The van der Waals surface area contributed by atoms with Crippen LogP contribution in [0, 0.1) is 11.3 Å². The molecule has 2 amide bonds. The molecule has 0 radical (unpaired) electrons. The highest BCUT2D eigenvalue weighted by Crippen LogP contribution is 2.48. The van der Waals surface area contributed by atoms with E-state index in [0.29, 0.717) is 12.0 Å². The molecule has 0 aliphatic heterocycles. The Labute approximate surface area is 122 Å². The van der Waals surface area contributed by atoms with Crippen molar-refractivity contribution in [3.8, 4) is 0 Å². The van der Waals surface area contributed by atoms with Gasteiger partial charge in [0.1, 0.15) is 0 Å². The fourth-order valence-electron chi connectivity index (χ4n) is 3.46. The summed E-state index contributed by atoms with van der Waals surface area (Å²) in [5.74, 6) is 0.255. The molecule has 0 saturated heterocycles. The van der Waals surface area contributed by atoms with Gasteiger partial charge in [0, 0.05) is 26.1 Å². The molecule has 2 N–H and O–H groups in total. The number of hydrogen-bond donors (Lipinski definition) is 2. The van der Waals surface area contributed by atoms with Crippen LogP contribution in [0.3, 0.4) is 0 Å². The number of nitrogens with zero attached hydrogens (tertiary/aromatic N) is 1. The lowest BCUT2D eigenvalue weighted by Crippen LogP contribution is -2.44. The van der Waals surface area contributed by atoms with E-state index < -0.39 is 0 Å². The predicted molar refractivity (Wildman–Crippen MR) is 80.6 cm³/mol. The maximum absolute atomic E-state index is 12.1. The van der Waals surface area contributed by atoms with Gasteiger partial charge in [-0.2, -0.15) is 0 Å². The van der Waals surface area contributed by atoms with Crippen molar-refractivity contribution in [2.45, 2.75) is 64.4 Å². The second kappa shape index (κ2) is 6.79. The fraction of sp³-hybridized carbons (Fsp3) is 0.938. The molecule has 0 spiro atoms. The van der Waals surface area contributed by atoms with Crippen molar-refractivity contribution in [1.29, 1.82) is 0 Å². The first-order valence-corrected chi connectivity index (χ1v) is 8.23. The second-order valence-electron chi connectivity index (χ2n) is 6.90. The summed E-state index contributed by atoms with van der Waals surface area (Å²) in [5.41, 5.74) is 0.398. The van der Waals surface area contributed by atoms with Crippen LogP contribution in [0.15, 0.2) is 0 Å². The molecule has 0 aromatic heterocycles. The quantitative estimate of drug-likeness (QED) is 0.787. The minimum atomic E-state index is -0.228. The van der Waals surface area contributed by atoms with E-state index in [4.69, 9.17) is 0 Å². The summed E-state index contributed by atoms with van der Waals surface area (Å²) >= 11 is 0. The van der Waals surface area contributed by atoms with Gasteiger partial charge in [0.2, 0.25) is 0 Å². The average molecular weight is 282 g/mol. The first-order chi connectivity index (χ1) is 9.56. The van der Waals surface area contributed by atoms with Gasteiger partial charge < -0.3 is 15.3 Å². The van der Waals surface area contributed by atoms with Gasteiger partial charge in [0.25, 0.3) is 0 Å². The van der Waals surface area contributed by atoms with Crippen LogP contribution in [-0.2, 0) is 0 Å². The van der Waals surface area contributed by atoms with Crippen LogP contribution in [0.1, 0.15) is 58.3 Å². The Kier molecular flexibility index (Phi) is 5.30. The Bertz CT molecular complexity index is 328. The Morgan fingerprint density at radius 1 is 1.35 bits per heavy atom. The van der Waals surface area contributed by atoms with E-state index in [1.807, 2.05) is 7.05 Å². The van der Waals surface area contributed by atoms with E-state index in [9.17, 15) is 9.90 Å². The van der Waals surface area contributed by atoms with Gasteiger partial charge in [0.05, 0.1) is 6.10 Å². The van der Waals surface area contributed by atoms with Crippen LogP contribution < -0.4 is 5.32 Å². The summed E-state index contributed by atoms with van der Waals surface area (Å²) < 4.78 is 0. The van der Waals surface area contributed by atoms with Crippen LogP contribution in [0.25, 0.3) is 0 Å². The Hall–Kier alpha value is -0.770. The third-order valence-corrected chi connectivity index (χ3v) is 5.08. The molecule has 4 nitrogen and oxygen atoms in total. The Balaban J connectivity index is 1.71. The van der Waals surface area contributed by atoms with Crippen LogP contribution in [0.5, 0.6) is 0 Å². The normalized spacial score (nSPS) is 27.9. The van der Waals surface area contributed by atoms with Crippen LogP contribution in [0.4, 0.5) is 4.79 Å². The lowest BCUT2D eigenvalue weighted by molar-refractivity contribution is 0.0564. The van der Waals surface area contributed by atoms with E-state index in [2.05, 4.69) is 12.2 Å². The van der Waals surface area contributed by atoms with Crippen molar-refractivity contribution < 1.29 is 9.90 Å². The first kappa shape index (κ1) is 15.6. The molecule has 116 valence electrons. The molecule has 2 aliphatic carbocycles. The topological polar surface area (TPSA) is 52.6 Å². The molecular formula is C16H30N2O2. The molecule has 0 aromatic rings. The van der Waals surface area contributed by atoms with E-state index in [0.717, 1.165) is 25.8 Å². The number of aliphatic hydroxyl groups is 1. The molecule has 2 atom stereocenters. The summed E-state index contributed by atoms with van der Waals surface area (Å²) in [6.07, 6.45) is 8.92.